The maximum absolute atomic E-state index is 11.1. The van der Waals surface area contributed by atoms with Gasteiger partial charge in [0.15, 0.2) is 0 Å². The highest BCUT2D eigenvalue weighted by molar-refractivity contribution is 5.89. The zero-order valence-electron chi connectivity index (χ0n) is 25.1. The predicted molar refractivity (Wildman–Crippen MR) is 164 cm³/mol. The molecule has 0 aliphatic heterocycles. The largest absolute Gasteiger partial charge is 0.478 e. The van der Waals surface area contributed by atoms with Crippen LogP contribution in [0.5, 0.6) is 0 Å². The summed E-state index contributed by atoms with van der Waals surface area (Å²) in [5, 5.41) is 16.6. The number of carbonyl (C=O) groups is 4. The molecule has 9 nitrogen and oxygen atoms in total. The van der Waals surface area contributed by atoms with E-state index in [-0.39, 0.29) is 37.1 Å². The Labute approximate surface area is 249 Å². The summed E-state index contributed by atoms with van der Waals surface area (Å²) in [6.07, 6.45) is 11.9. The van der Waals surface area contributed by atoms with E-state index in [1.807, 2.05) is 49.4 Å². The summed E-state index contributed by atoms with van der Waals surface area (Å²) >= 11 is 0. The molecule has 0 radical (unpaired) electrons. The Kier molecular flexibility index (Phi) is 25.6. The van der Waals surface area contributed by atoms with Crippen LogP contribution in [0.25, 0.3) is 6.08 Å². The molecule has 0 spiro atoms. The number of rotatable bonds is 17. The second-order valence-electron chi connectivity index (χ2n) is 8.67. The van der Waals surface area contributed by atoms with Gasteiger partial charge in [-0.25, -0.2) is 19.2 Å². The highest BCUT2D eigenvalue weighted by Crippen LogP contribution is 2.06. The summed E-state index contributed by atoms with van der Waals surface area (Å²) in [6, 6.07) is 9.89. The molecule has 0 aromatic heterocycles. The highest BCUT2D eigenvalue weighted by Gasteiger charge is 2.06. The predicted octanol–water partition coefficient (Wildman–Crippen LogP) is 6.00. The quantitative estimate of drug-likeness (QED) is 0.0974. The number of carbonyl (C=O) groups excluding carboxylic acids is 3. The van der Waals surface area contributed by atoms with Crippen LogP contribution in [0.3, 0.4) is 0 Å². The topological polar surface area (TPSA) is 136 Å². The first kappa shape index (κ1) is 39.9. The number of methoxy groups -OCH3 is 1. The van der Waals surface area contributed by atoms with Crippen LogP contribution >= 0.6 is 0 Å². The smallest absolute Gasteiger partial charge is 0.333 e. The van der Waals surface area contributed by atoms with E-state index >= 15 is 0 Å². The standard InChI is InChI=1S/C13H14O2.C11H20O2.C9H12O5/c1-11(13(14)15-2)7-6-10-12-8-4-3-5-9-12;1-4-6-7-8-9-13-11(12)10(3)5-2;1-7(3-2-4-8(11)12)9(13)14-6-5-10/h3-6,8-10H,1,7H2,2H3;3-9H2,1-2H3;2,4,10H,1,3,5-6H2,(H,11,12). The number of esters is 3. The van der Waals surface area contributed by atoms with Gasteiger partial charge in [0.2, 0.25) is 0 Å². The zero-order chi connectivity index (χ0) is 32.2. The van der Waals surface area contributed by atoms with Crippen molar-refractivity contribution in [3.8, 4) is 0 Å². The van der Waals surface area contributed by atoms with Crippen LogP contribution in [-0.2, 0) is 33.4 Å². The number of aliphatic hydroxyl groups is 1. The first-order valence-electron chi connectivity index (χ1n) is 13.7. The Morgan fingerprint density at radius 1 is 0.786 bits per heavy atom. The van der Waals surface area contributed by atoms with Crippen LogP contribution in [0.1, 0.15) is 64.4 Å². The summed E-state index contributed by atoms with van der Waals surface area (Å²) in [7, 11) is 1.36. The van der Waals surface area contributed by atoms with E-state index in [1.165, 1.54) is 26.0 Å². The maximum Gasteiger partial charge on any atom is 0.333 e. The van der Waals surface area contributed by atoms with Gasteiger partial charge in [-0.1, -0.05) is 101 Å². The van der Waals surface area contributed by atoms with E-state index in [2.05, 4.69) is 36.1 Å². The molecule has 0 saturated heterocycles. The van der Waals surface area contributed by atoms with Crippen LogP contribution in [0, 0.1) is 0 Å². The number of allylic oxidation sites excluding steroid dienone is 2. The fraction of sp³-hybridized carbons (Fsp3) is 0.394. The monoisotopic (exact) mass is 586 g/mol. The van der Waals surface area contributed by atoms with Gasteiger partial charge in [-0.05, 0) is 31.2 Å². The summed E-state index contributed by atoms with van der Waals surface area (Å²) in [4.78, 5) is 43.1. The van der Waals surface area contributed by atoms with Gasteiger partial charge in [0.1, 0.15) is 6.61 Å². The molecule has 2 N–H and O–H groups in total. The molecule has 232 valence electrons. The number of aliphatic hydroxyl groups excluding tert-OH is 1. The lowest BCUT2D eigenvalue weighted by Crippen LogP contribution is -2.09. The van der Waals surface area contributed by atoms with Gasteiger partial charge in [0.05, 0.1) is 20.3 Å². The van der Waals surface area contributed by atoms with Gasteiger partial charge in [0.25, 0.3) is 0 Å². The minimum Gasteiger partial charge on any atom is -0.478 e. The molecule has 1 rings (SSSR count). The number of hydrogen-bond acceptors (Lipinski definition) is 8. The van der Waals surface area contributed by atoms with Crippen LogP contribution in [0.4, 0.5) is 0 Å². The SMILES string of the molecule is C=C(CC)C(=O)OCCCCCC.C=C(CC=CC(=O)O)C(=O)OCCO.C=C(CC=Cc1ccccc1)C(=O)OC. The molecule has 1 aromatic rings. The summed E-state index contributed by atoms with van der Waals surface area (Å²) < 4.78 is 14.1. The Balaban J connectivity index is 0. The van der Waals surface area contributed by atoms with Gasteiger partial charge in [-0.3, -0.25) is 0 Å². The molecule has 0 aliphatic rings. The average Bonchev–Trinajstić information content (AvgIpc) is 2.99. The van der Waals surface area contributed by atoms with Crippen molar-refractivity contribution in [2.75, 3.05) is 26.9 Å². The minimum absolute atomic E-state index is 0.0828. The third kappa shape index (κ3) is 23.6. The van der Waals surface area contributed by atoms with Crippen molar-refractivity contribution in [2.24, 2.45) is 0 Å². The van der Waals surface area contributed by atoms with E-state index in [4.69, 9.17) is 14.9 Å². The van der Waals surface area contributed by atoms with Crippen molar-refractivity contribution in [1.29, 1.82) is 0 Å². The first-order chi connectivity index (χ1) is 20.0. The van der Waals surface area contributed by atoms with Crippen molar-refractivity contribution < 1.29 is 43.6 Å². The fourth-order valence-electron chi connectivity index (χ4n) is 2.69. The van der Waals surface area contributed by atoms with E-state index in [1.54, 1.807) is 0 Å². The molecule has 0 saturated carbocycles. The summed E-state index contributed by atoms with van der Waals surface area (Å²) in [5.74, 6) is -2.30. The molecule has 0 fully saturated rings. The van der Waals surface area contributed by atoms with Gasteiger partial charge >= 0.3 is 23.9 Å². The highest BCUT2D eigenvalue weighted by atomic mass is 16.5. The Morgan fingerprint density at radius 3 is 1.90 bits per heavy atom. The van der Waals surface area contributed by atoms with Gasteiger partial charge < -0.3 is 24.4 Å². The Morgan fingerprint density at radius 2 is 1.36 bits per heavy atom. The fourth-order valence-corrected chi connectivity index (χ4v) is 2.69. The first-order valence-corrected chi connectivity index (χ1v) is 13.7. The lowest BCUT2D eigenvalue weighted by atomic mass is 10.1. The lowest BCUT2D eigenvalue weighted by molar-refractivity contribution is -0.140. The van der Waals surface area contributed by atoms with Crippen molar-refractivity contribution in [1.82, 2.24) is 0 Å². The molecule has 42 heavy (non-hydrogen) atoms. The molecule has 0 atom stereocenters. The van der Waals surface area contributed by atoms with Crippen molar-refractivity contribution in [3.63, 3.8) is 0 Å². The third-order valence-corrected chi connectivity index (χ3v) is 5.13. The van der Waals surface area contributed by atoms with Crippen molar-refractivity contribution in [2.45, 2.75) is 58.8 Å². The molecule has 0 amide bonds. The number of carboxylic acids is 1. The second kappa shape index (κ2) is 27.0. The molecule has 0 unspecified atom stereocenters. The maximum atomic E-state index is 11.1. The van der Waals surface area contributed by atoms with E-state index in [0.717, 1.165) is 24.5 Å². The average molecular weight is 587 g/mol. The molecule has 1 aromatic carbocycles. The van der Waals surface area contributed by atoms with Gasteiger partial charge in [0, 0.05) is 22.8 Å². The minimum atomic E-state index is -1.08. The van der Waals surface area contributed by atoms with Crippen LogP contribution in [0.15, 0.2) is 85.0 Å². The molecule has 0 bridgehead atoms. The normalized spacial score (nSPS) is 10.0. The summed E-state index contributed by atoms with van der Waals surface area (Å²) in [6.45, 7) is 14.9. The number of aliphatic carboxylic acids is 1. The molecular formula is C33H46O9. The van der Waals surface area contributed by atoms with E-state index < -0.39 is 11.9 Å². The number of benzene rings is 1. The Hall–Kier alpha value is -4.24. The molecule has 0 heterocycles. The number of ether oxygens (including phenoxy) is 3. The van der Waals surface area contributed by atoms with Gasteiger partial charge in [-0.2, -0.15) is 0 Å². The van der Waals surface area contributed by atoms with Crippen LogP contribution in [0.2, 0.25) is 0 Å². The van der Waals surface area contributed by atoms with E-state index in [0.29, 0.717) is 30.6 Å². The Bertz CT molecular complexity index is 1040. The molecular weight excluding hydrogens is 540 g/mol. The van der Waals surface area contributed by atoms with Crippen LogP contribution < -0.4 is 0 Å². The number of hydrogen-bond donors (Lipinski definition) is 2. The number of unbranched alkanes of at least 4 members (excludes halogenated alkanes) is 3. The zero-order valence-corrected chi connectivity index (χ0v) is 25.1. The lowest BCUT2D eigenvalue weighted by Gasteiger charge is -2.04. The number of carboxylic acid groups (broad SMARTS) is 1. The summed E-state index contributed by atoms with van der Waals surface area (Å²) in [5.41, 5.74) is 2.28. The van der Waals surface area contributed by atoms with Gasteiger partial charge in [-0.15, -0.1) is 0 Å². The van der Waals surface area contributed by atoms with Crippen molar-refractivity contribution in [3.05, 3.63) is 90.6 Å². The van der Waals surface area contributed by atoms with E-state index in [9.17, 15) is 19.2 Å². The van der Waals surface area contributed by atoms with Crippen LogP contribution in [-0.4, -0.2) is 61.0 Å². The molecule has 9 heteroatoms. The van der Waals surface area contributed by atoms with Crippen molar-refractivity contribution >= 4 is 30.0 Å². The molecule has 0 aliphatic carbocycles. The third-order valence-electron chi connectivity index (χ3n) is 5.13. The second-order valence-corrected chi connectivity index (χ2v) is 8.67.